The zero-order valence-corrected chi connectivity index (χ0v) is 32.4. The maximum Gasteiger partial charge on any atom is 0.130 e. The third kappa shape index (κ3) is 10.1. The van der Waals surface area contributed by atoms with Crippen molar-refractivity contribution in [1.82, 2.24) is 19.9 Å². The van der Waals surface area contributed by atoms with Gasteiger partial charge in [0.05, 0.1) is 40.4 Å². The fourth-order valence-electron chi connectivity index (χ4n) is 5.15. The Morgan fingerprint density at radius 1 is 0.577 bits per heavy atom. The Bertz CT molecular complexity index is 2310. The van der Waals surface area contributed by atoms with E-state index in [-0.39, 0.29) is 0 Å². The Labute approximate surface area is 331 Å². The van der Waals surface area contributed by atoms with Crippen LogP contribution in [0.3, 0.4) is 0 Å². The van der Waals surface area contributed by atoms with Crippen molar-refractivity contribution < 1.29 is 4.74 Å². The average Bonchev–Trinajstić information content (AvgIpc) is 3.82. The molecule has 52 heavy (non-hydrogen) atoms. The van der Waals surface area contributed by atoms with Crippen LogP contribution >= 0.6 is 62.3 Å². The van der Waals surface area contributed by atoms with Crippen LogP contribution in [-0.4, -0.2) is 26.5 Å². The Morgan fingerprint density at radius 3 is 1.46 bits per heavy atom. The molecule has 0 unspecified atom stereocenters. The number of aromatic nitrogens is 4. The van der Waals surface area contributed by atoms with Gasteiger partial charge in [-0.25, -0.2) is 9.97 Å². The third-order valence-electron chi connectivity index (χ3n) is 7.78. The highest BCUT2D eigenvalue weighted by atomic mass is 79.9. The molecule has 10 heteroatoms. The molecule has 5 aromatic carbocycles. The van der Waals surface area contributed by atoms with Crippen molar-refractivity contribution in [1.29, 1.82) is 0 Å². The van der Waals surface area contributed by atoms with Crippen molar-refractivity contribution in [3.05, 3.63) is 169 Å². The molecule has 2 heterocycles. The maximum absolute atomic E-state index is 6.28. The van der Waals surface area contributed by atoms with Crippen LogP contribution in [0.4, 0.5) is 0 Å². The van der Waals surface area contributed by atoms with Crippen molar-refractivity contribution in [3.8, 4) is 39.4 Å². The van der Waals surface area contributed by atoms with Crippen LogP contribution in [0, 0.1) is 0 Å². The first-order valence-electron chi connectivity index (χ1n) is 16.2. The van der Waals surface area contributed by atoms with Gasteiger partial charge in [0.1, 0.15) is 17.4 Å². The standard InChI is InChI=1S/C25H20Cl2N2O.C17H11BrCl2N2/c1-2-30-21-11-8-19(9-12-21)18-6-3-17(4-7-18)5-14-25-28-16-24(29-25)22-13-10-20(26)15-23(22)27;18-12-4-1-11(2-5-12)3-8-17-21-10-16(22-17)14-7-6-13(19)9-15(14)20/h3-16H,2H2,1H3,(H,28,29);1-10H,(H,21,22). The highest BCUT2D eigenvalue weighted by Crippen LogP contribution is 2.31. The molecule has 0 aliphatic heterocycles. The van der Waals surface area contributed by atoms with Gasteiger partial charge in [0.25, 0.3) is 0 Å². The number of nitrogens with zero attached hydrogens (tertiary/aromatic N) is 2. The van der Waals surface area contributed by atoms with Gasteiger partial charge in [0, 0.05) is 25.6 Å². The highest BCUT2D eigenvalue weighted by molar-refractivity contribution is 9.10. The fraction of sp³-hybridized carbons (Fsp3) is 0.0476. The minimum absolute atomic E-state index is 0.589. The first kappa shape index (κ1) is 37.2. The van der Waals surface area contributed by atoms with Gasteiger partial charge in [0.2, 0.25) is 0 Å². The Kier molecular flexibility index (Phi) is 12.7. The van der Waals surface area contributed by atoms with Gasteiger partial charge in [-0.2, -0.15) is 0 Å². The predicted molar refractivity (Wildman–Crippen MR) is 223 cm³/mol. The van der Waals surface area contributed by atoms with Gasteiger partial charge in [-0.05, 0) is 102 Å². The molecule has 7 aromatic rings. The summed E-state index contributed by atoms with van der Waals surface area (Å²) in [4.78, 5) is 15.3. The molecule has 0 aliphatic carbocycles. The number of benzene rings is 5. The lowest BCUT2D eigenvalue weighted by Gasteiger charge is -2.05. The molecule has 0 saturated carbocycles. The second-order valence-electron chi connectivity index (χ2n) is 11.4. The maximum atomic E-state index is 6.28. The Balaban J connectivity index is 0.000000187. The lowest BCUT2D eigenvalue weighted by molar-refractivity contribution is 0.340. The highest BCUT2D eigenvalue weighted by Gasteiger charge is 2.08. The van der Waals surface area contributed by atoms with Gasteiger partial charge >= 0.3 is 0 Å². The lowest BCUT2D eigenvalue weighted by Crippen LogP contribution is -1.90. The van der Waals surface area contributed by atoms with Crippen molar-refractivity contribution in [3.63, 3.8) is 0 Å². The predicted octanol–water partition coefficient (Wildman–Crippen LogP) is 13.9. The summed E-state index contributed by atoms with van der Waals surface area (Å²) in [6.45, 7) is 2.65. The molecule has 0 amide bonds. The smallest absolute Gasteiger partial charge is 0.130 e. The van der Waals surface area contributed by atoms with Gasteiger partial charge in [-0.15, -0.1) is 0 Å². The number of halogens is 5. The summed E-state index contributed by atoms with van der Waals surface area (Å²) in [7, 11) is 0. The third-order valence-corrected chi connectivity index (χ3v) is 9.40. The van der Waals surface area contributed by atoms with E-state index in [4.69, 9.17) is 51.1 Å². The molecule has 5 nitrogen and oxygen atoms in total. The normalized spacial score (nSPS) is 11.2. The minimum Gasteiger partial charge on any atom is -0.494 e. The number of nitrogens with one attached hydrogen (secondary N) is 2. The SMILES string of the molecule is CCOc1ccc(-c2ccc(C=Cc3ncc(-c4ccc(Cl)cc4Cl)[nH]3)cc2)cc1.Clc1ccc(-c2cnc(C=Cc3ccc(Br)cc3)[nH]2)c(Cl)c1. The average molecular weight is 829 g/mol. The quantitative estimate of drug-likeness (QED) is 0.152. The molecule has 2 aromatic heterocycles. The van der Waals surface area contributed by atoms with Crippen LogP contribution in [0.2, 0.25) is 20.1 Å². The van der Waals surface area contributed by atoms with Crippen LogP contribution in [0.1, 0.15) is 29.7 Å². The summed E-state index contributed by atoms with van der Waals surface area (Å²) >= 11 is 27.8. The van der Waals surface area contributed by atoms with Gasteiger partial charge in [-0.1, -0.05) is 123 Å². The zero-order valence-electron chi connectivity index (χ0n) is 27.8. The molecule has 0 bridgehead atoms. The van der Waals surface area contributed by atoms with Gasteiger partial charge < -0.3 is 14.7 Å². The molecule has 7 rings (SSSR count). The topological polar surface area (TPSA) is 66.6 Å². The molecule has 0 atom stereocenters. The van der Waals surface area contributed by atoms with E-state index in [1.54, 1.807) is 30.6 Å². The van der Waals surface area contributed by atoms with E-state index in [0.29, 0.717) is 26.7 Å². The van der Waals surface area contributed by atoms with E-state index in [0.717, 1.165) is 66.6 Å². The van der Waals surface area contributed by atoms with E-state index >= 15 is 0 Å². The van der Waals surface area contributed by atoms with E-state index in [1.165, 1.54) is 0 Å². The van der Waals surface area contributed by atoms with E-state index in [9.17, 15) is 0 Å². The van der Waals surface area contributed by atoms with Crippen LogP contribution < -0.4 is 4.74 Å². The molecule has 0 saturated heterocycles. The van der Waals surface area contributed by atoms with Crippen molar-refractivity contribution in [2.75, 3.05) is 6.61 Å². The molecule has 260 valence electrons. The molecule has 0 spiro atoms. The summed E-state index contributed by atoms with van der Waals surface area (Å²) < 4.78 is 6.56. The van der Waals surface area contributed by atoms with Gasteiger partial charge in [0.15, 0.2) is 0 Å². The monoisotopic (exact) mass is 826 g/mol. The number of hydrogen-bond acceptors (Lipinski definition) is 3. The van der Waals surface area contributed by atoms with Crippen molar-refractivity contribution >= 4 is 86.6 Å². The summed E-state index contributed by atoms with van der Waals surface area (Å²) in [6, 6.07) is 35.4. The van der Waals surface area contributed by atoms with Crippen LogP contribution in [0.25, 0.3) is 57.9 Å². The van der Waals surface area contributed by atoms with E-state index in [1.807, 2.05) is 85.8 Å². The largest absolute Gasteiger partial charge is 0.494 e. The molecule has 0 fully saturated rings. The zero-order chi connectivity index (χ0) is 36.5. The second kappa shape index (κ2) is 17.8. The number of hydrogen-bond donors (Lipinski definition) is 2. The van der Waals surface area contributed by atoms with Gasteiger partial charge in [-0.3, -0.25) is 0 Å². The van der Waals surface area contributed by atoms with Crippen molar-refractivity contribution in [2.45, 2.75) is 6.92 Å². The molecular formula is C42H31BrCl4N4O. The van der Waals surface area contributed by atoms with E-state index < -0.39 is 0 Å². The fourth-order valence-corrected chi connectivity index (χ4v) is 6.44. The molecule has 2 N–H and O–H groups in total. The Morgan fingerprint density at radius 2 is 1.02 bits per heavy atom. The Hall–Kier alpha value is -4.56. The first-order chi connectivity index (χ1) is 25.2. The summed E-state index contributed by atoms with van der Waals surface area (Å²) in [5.74, 6) is 2.41. The number of rotatable bonds is 9. The van der Waals surface area contributed by atoms with Crippen LogP contribution in [-0.2, 0) is 0 Å². The summed E-state index contributed by atoms with van der Waals surface area (Å²) in [5, 5.41) is 2.41. The number of aromatic amines is 2. The number of ether oxygens (including phenoxy) is 1. The number of H-pyrrole nitrogens is 2. The summed E-state index contributed by atoms with van der Waals surface area (Å²) in [6.07, 6.45) is 11.4. The molecular weight excluding hydrogens is 798 g/mol. The number of imidazole rings is 2. The minimum atomic E-state index is 0.589. The lowest BCUT2D eigenvalue weighted by atomic mass is 10.0. The first-order valence-corrected chi connectivity index (χ1v) is 18.5. The van der Waals surface area contributed by atoms with E-state index in [2.05, 4.69) is 72.3 Å². The summed E-state index contributed by atoms with van der Waals surface area (Å²) in [5.41, 5.74) is 7.96. The molecule has 0 aliphatic rings. The van der Waals surface area contributed by atoms with Crippen LogP contribution in [0.15, 0.2) is 126 Å². The molecule has 0 radical (unpaired) electrons. The second-order valence-corrected chi connectivity index (χ2v) is 14.0. The van der Waals surface area contributed by atoms with Crippen LogP contribution in [0.5, 0.6) is 5.75 Å². The van der Waals surface area contributed by atoms with Crippen molar-refractivity contribution in [2.24, 2.45) is 0 Å².